The number of fused-ring (bicyclic) bond motifs is 2. The summed E-state index contributed by atoms with van der Waals surface area (Å²) in [5.41, 5.74) is 1.87. The lowest BCUT2D eigenvalue weighted by atomic mass is 10.1. The summed E-state index contributed by atoms with van der Waals surface area (Å²) in [6.45, 7) is 5.95. The molecule has 2 N–H and O–H groups in total. The van der Waals surface area contributed by atoms with Gasteiger partial charge in [-0.25, -0.2) is 14.3 Å². The number of pyridine rings is 2. The minimum atomic E-state index is -0.220. The van der Waals surface area contributed by atoms with Crippen molar-refractivity contribution in [1.82, 2.24) is 34.6 Å². The van der Waals surface area contributed by atoms with Gasteiger partial charge in [0, 0.05) is 29.5 Å². The number of ether oxygens (including phenoxy) is 1. The van der Waals surface area contributed by atoms with Crippen LogP contribution in [0.15, 0.2) is 78.4 Å². The molecule has 10 nitrogen and oxygen atoms in total. The van der Waals surface area contributed by atoms with Crippen LogP contribution >= 0.6 is 0 Å². The second-order valence-electron chi connectivity index (χ2n) is 8.86. The zero-order valence-corrected chi connectivity index (χ0v) is 20.2. The number of nitrogens with one attached hydrogen (secondary N) is 2. The number of aromatic nitrogens is 6. The zero-order chi connectivity index (χ0) is 25.2. The van der Waals surface area contributed by atoms with E-state index in [2.05, 4.69) is 27.2 Å². The van der Waals surface area contributed by atoms with Gasteiger partial charge in [-0.05, 0) is 50.2 Å². The van der Waals surface area contributed by atoms with Crippen LogP contribution < -0.4 is 20.9 Å². The number of nitrogens with zero attached hydrogens (tertiary/aromatic N) is 6. The molecule has 0 amide bonds. The lowest BCUT2D eigenvalue weighted by molar-refractivity contribution is 0.156. The minimum Gasteiger partial charge on any atom is -0.474 e. The molecule has 0 spiro atoms. The van der Waals surface area contributed by atoms with Crippen molar-refractivity contribution in [1.29, 1.82) is 0 Å². The Balaban J connectivity index is 1.40. The fourth-order valence-electron chi connectivity index (χ4n) is 4.55. The molecule has 1 saturated heterocycles. The predicted octanol–water partition coefficient (Wildman–Crippen LogP) is 3.59. The van der Waals surface area contributed by atoms with Crippen molar-refractivity contribution in [2.75, 3.05) is 18.4 Å². The second-order valence-corrected chi connectivity index (χ2v) is 8.86. The van der Waals surface area contributed by atoms with E-state index < -0.39 is 0 Å². The van der Waals surface area contributed by atoms with Crippen LogP contribution in [0.2, 0.25) is 0 Å². The summed E-state index contributed by atoms with van der Waals surface area (Å²) in [5.74, 6) is 1.40. The van der Waals surface area contributed by atoms with Crippen molar-refractivity contribution in [3.63, 3.8) is 0 Å². The van der Waals surface area contributed by atoms with Crippen LogP contribution in [0.3, 0.4) is 0 Å². The topological polar surface area (TPSA) is 112 Å². The summed E-state index contributed by atoms with van der Waals surface area (Å²) in [4.78, 5) is 31.5. The van der Waals surface area contributed by atoms with E-state index in [4.69, 9.17) is 14.7 Å². The highest BCUT2D eigenvalue weighted by molar-refractivity contribution is 5.83. The monoisotopic (exact) mass is 494 g/mol. The molecule has 186 valence electrons. The third-order valence-corrected chi connectivity index (χ3v) is 6.34. The van der Waals surface area contributed by atoms with E-state index in [0.717, 1.165) is 42.5 Å². The van der Waals surface area contributed by atoms with Gasteiger partial charge in [-0.1, -0.05) is 24.3 Å². The highest BCUT2D eigenvalue weighted by atomic mass is 16.5. The largest absolute Gasteiger partial charge is 0.474 e. The third kappa shape index (κ3) is 4.54. The summed E-state index contributed by atoms with van der Waals surface area (Å²) in [5, 5.41) is 8.00. The van der Waals surface area contributed by atoms with Crippen molar-refractivity contribution in [2.24, 2.45) is 0 Å². The van der Waals surface area contributed by atoms with Gasteiger partial charge in [-0.2, -0.15) is 9.97 Å². The van der Waals surface area contributed by atoms with Crippen molar-refractivity contribution in [2.45, 2.75) is 25.5 Å². The van der Waals surface area contributed by atoms with Gasteiger partial charge in [-0.15, -0.1) is 6.58 Å². The molecular weight excluding hydrogens is 468 g/mol. The molecular formula is C27H26N8O2. The number of piperidine rings is 1. The molecule has 1 fully saturated rings. The Kier molecular flexibility index (Phi) is 6.07. The smallest absolute Gasteiger partial charge is 0.278 e. The number of hydrogen-bond donors (Lipinski definition) is 2. The molecule has 1 aliphatic rings. The molecule has 0 aliphatic carbocycles. The highest BCUT2D eigenvalue weighted by Gasteiger charge is 2.20. The minimum absolute atomic E-state index is 0.107. The van der Waals surface area contributed by atoms with Gasteiger partial charge in [0.2, 0.25) is 11.8 Å². The number of anilines is 2. The van der Waals surface area contributed by atoms with Gasteiger partial charge in [-0.3, -0.25) is 9.78 Å². The first-order valence-electron chi connectivity index (χ1n) is 12.3. The zero-order valence-electron chi connectivity index (χ0n) is 20.2. The van der Waals surface area contributed by atoms with Crippen molar-refractivity contribution in [3.05, 3.63) is 83.9 Å². The molecule has 5 aromatic rings. The van der Waals surface area contributed by atoms with Crippen LogP contribution in [0.5, 0.6) is 5.88 Å². The summed E-state index contributed by atoms with van der Waals surface area (Å²) in [7, 11) is 0. The molecule has 4 aromatic heterocycles. The number of allylic oxidation sites excluding steroid dienone is 1. The SMILES string of the molecule is C=CCn1c(=O)c2cnc(Nc3ccc4cccnc4c3)nc2n1-c1cccc(OC2CCNCC2)n1. The van der Waals surface area contributed by atoms with E-state index in [9.17, 15) is 4.79 Å². The van der Waals surface area contributed by atoms with Crippen LogP contribution in [0.1, 0.15) is 12.8 Å². The molecule has 6 rings (SSSR count). The van der Waals surface area contributed by atoms with Gasteiger partial charge >= 0.3 is 0 Å². The van der Waals surface area contributed by atoms with Gasteiger partial charge in [0.15, 0.2) is 11.5 Å². The van der Waals surface area contributed by atoms with Crippen molar-refractivity contribution in [3.8, 4) is 11.7 Å². The summed E-state index contributed by atoms with van der Waals surface area (Å²) in [6, 6.07) is 15.3. The fourth-order valence-corrected chi connectivity index (χ4v) is 4.55. The molecule has 0 bridgehead atoms. The van der Waals surface area contributed by atoms with Gasteiger partial charge < -0.3 is 15.4 Å². The number of rotatable bonds is 7. The fraction of sp³-hybridized carbons (Fsp3) is 0.222. The predicted molar refractivity (Wildman–Crippen MR) is 143 cm³/mol. The quantitative estimate of drug-likeness (QED) is 0.330. The summed E-state index contributed by atoms with van der Waals surface area (Å²) in [6.07, 6.45) is 6.91. The van der Waals surface area contributed by atoms with E-state index in [1.54, 1.807) is 21.6 Å². The van der Waals surface area contributed by atoms with E-state index in [-0.39, 0.29) is 18.2 Å². The van der Waals surface area contributed by atoms with Gasteiger partial charge in [0.1, 0.15) is 11.5 Å². The maximum Gasteiger partial charge on any atom is 0.278 e. The lowest BCUT2D eigenvalue weighted by Crippen LogP contribution is -2.34. The first-order chi connectivity index (χ1) is 18.2. The molecule has 0 atom stereocenters. The van der Waals surface area contributed by atoms with Crippen molar-refractivity contribution >= 4 is 33.6 Å². The van der Waals surface area contributed by atoms with Gasteiger partial charge in [0.05, 0.1) is 12.1 Å². The Morgan fingerprint density at radius 2 is 2.00 bits per heavy atom. The number of hydrogen-bond acceptors (Lipinski definition) is 8. The Hall–Kier alpha value is -4.57. The standard InChI is InChI=1S/C27H26N8O2/c1-2-15-34-26(36)21-17-30-27(31-19-9-8-18-5-4-12-29-22(18)16-19)33-25(21)35(34)23-6-3-7-24(32-23)37-20-10-13-28-14-11-20/h2-9,12,16-17,20,28H,1,10-11,13-15H2,(H,30,31,33). The third-order valence-electron chi connectivity index (χ3n) is 6.34. The Bertz CT molecular complexity index is 1650. The average Bonchev–Trinajstić information content (AvgIpc) is 3.20. The first kappa shape index (κ1) is 22.9. The molecule has 1 aromatic carbocycles. The van der Waals surface area contributed by atoms with Gasteiger partial charge in [0.25, 0.3) is 5.56 Å². The molecule has 0 unspecified atom stereocenters. The highest BCUT2D eigenvalue weighted by Crippen LogP contribution is 2.22. The summed E-state index contributed by atoms with van der Waals surface area (Å²) >= 11 is 0. The van der Waals surface area contributed by atoms with E-state index >= 15 is 0 Å². The second kappa shape index (κ2) is 9.82. The van der Waals surface area contributed by atoms with Crippen LogP contribution in [-0.4, -0.2) is 48.5 Å². The Labute approximate surface area is 212 Å². The van der Waals surface area contributed by atoms with Crippen LogP contribution in [0, 0.1) is 0 Å². The lowest BCUT2D eigenvalue weighted by Gasteiger charge is -2.23. The van der Waals surface area contributed by atoms with Crippen LogP contribution in [0.25, 0.3) is 27.8 Å². The Morgan fingerprint density at radius 3 is 2.86 bits per heavy atom. The van der Waals surface area contributed by atoms with Crippen molar-refractivity contribution < 1.29 is 4.74 Å². The van der Waals surface area contributed by atoms with E-state index in [0.29, 0.717) is 28.7 Å². The molecule has 5 heterocycles. The molecule has 10 heteroatoms. The number of benzene rings is 1. The normalized spacial score (nSPS) is 14.2. The van der Waals surface area contributed by atoms with E-state index in [1.807, 2.05) is 48.5 Å². The summed E-state index contributed by atoms with van der Waals surface area (Å²) < 4.78 is 9.40. The van der Waals surface area contributed by atoms with Crippen LogP contribution in [0.4, 0.5) is 11.6 Å². The molecule has 0 saturated carbocycles. The Morgan fingerprint density at radius 1 is 1.11 bits per heavy atom. The first-order valence-corrected chi connectivity index (χ1v) is 12.3. The molecule has 0 radical (unpaired) electrons. The maximum atomic E-state index is 13.3. The average molecular weight is 495 g/mol. The maximum absolute atomic E-state index is 13.3. The molecule has 1 aliphatic heterocycles. The van der Waals surface area contributed by atoms with Crippen LogP contribution in [-0.2, 0) is 6.54 Å². The van der Waals surface area contributed by atoms with E-state index in [1.165, 1.54) is 6.20 Å². The molecule has 37 heavy (non-hydrogen) atoms.